The van der Waals surface area contributed by atoms with Crippen molar-refractivity contribution in [1.82, 2.24) is 10.2 Å². The molecule has 0 unspecified atom stereocenters. The van der Waals surface area contributed by atoms with Gasteiger partial charge in [-0.3, -0.25) is 4.90 Å². The molecule has 0 aliphatic carbocycles. The minimum atomic E-state index is -0.593. The molecule has 3 saturated heterocycles. The van der Waals surface area contributed by atoms with Crippen LogP contribution in [-0.4, -0.2) is 85.0 Å². The van der Waals surface area contributed by atoms with Gasteiger partial charge in [-0.15, -0.1) is 24.8 Å². The van der Waals surface area contributed by atoms with Crippen molar-refractivity contribution in [1.29, 1.82) is 0 Å². The van der Waals surface area contributed by atoms with Crippen LogP contribution in [0.3, 0.4) is 0 Å². The van der Waals surface area contributed by atoms with E-state index < -0.39 is 12.2 Å². The number of nitrogens with one attached hydrogen (secondary N) is 1. The maximum Gasteiger partial charge on any atom is 0.109 e. The Bertz CT molecular complexity index is 342. The van der Waals surface area contributed by atoms with Crippen LogP contribution < -0.4 is 5.32 Å². The SMILES string of the molecule is Cl.Cl.OC[C@@H]1O[C@H](CNC2CCOCC2)[C@H](N2CCCCC2)[C@@H]1O. The number of hydrogen-bond acceptors (Lipinski definition) is 6. The number of piperidine rings is 1. The molecule has 3 heterocycles. The lowest BCUT2D eigenvalue weighted by molar-refractivity contribution is -0.0229. The van der Waals surface area contributed by atoms with Crippen molar-refractivity contribution < 1.29 is 19.7 Å². The highest BCUT2D eigenvalue weighted by Gasteiger charge is 2.46. The summed E-state index contributed by atoms with van der Waals surface area (Å²) < 4.78 is 11.3. The number of likely N-dealkylation sites (tertiary alicyclic amines) is 1. The van der Waals surface area contributed by atoms with Crippen LogP contribution in [0.25, 0.3) is 0 Å². The first kappa shape index (κ1) is 22.4. The third kappa shape index (κ3) is 5.42. The van der Waals surface area contributed by atoms with Gasteiger partial charge in [0.15, 0.2) is 0 Å². The summed E-state index contributed by atoms with van der Waals surface area (Å²) in [6.07, 6.45) is 4.63. The molecule has 0 radical (unpaired) electrons. The molecule has 3 aliphatic rings. The van der Waals surface area contributed by atoms with E-state index in [1.165, 1.54) is 19.3 Å². The maximum absolute atomic E-state index is 10.5. The summed E-state index contributed by atoms with van der Waals surface area (Å²) in [5.74, 6) is 0. The summed E-state index contributed by atoms with van der Waals surface area (Å²) in [6, 6.07) is 0.481. The molecule has 144 valence electrons. The van der Waals surface area contributed by atoms with E-state index in [0.717, 1.165) is 45.7 Å². The number of nitrogens with zero attached hydrogens (tertiary/aromatic N) is 1. The number of halogens is 2. The molecular formula is C16H32Cl2N2O4. The number of aliphatic hydroxyl groups is 2. The second-order valence-electron chi connectivity index (χ2n) is 6.77. The van der Waals surface area contributed by atoms with Crippen LogP contribution in [0.4, 0.5) is 0 Å². The Balaban J connectivity index is 0.00000144. The van der Waals surface area contributed by atoms with Gasteiger partial charge in [-0.05, 0) is 38.8 Å². The molecular weight excluding hydrogens is 355 g/mol. The normalized spacial score (nSPS) is 35.2. The third-order valence-corrected chi connectivity index (χ3v) is 5.28. The summed E-state index contributed by atoms with van der Waals surface area (Å²) in [4.78, 5) is 2.36. The Morgan fingerprint density at radius 1 is 1.00 bits per heavy atom. The summed E-state index contributed by atoms with van der Waals surface area (Å²) in [5, 5.41) is 23.6. The molecule has 3 aliphatic heterocycles. The fourth-order valence-electron chi connectivity index (χ4n) is 4.00. The minimum absolute atomic E-state index is 0. The topological polar surface area (TPSA) is 74.2 Å². The van der Waals surface area contributed by atoms with Crippen molar-refractivity contribution in [3.8, 4) is 0 Å². The fourth-order valence-corrected chi connectivity index (χ4v) is 4.00. The van der Waals surface area contributed by atoms with Gasteiger partial charge >= 0.3 is 0 Å². The van der Waals surface area contributed by atoms with Gasteiger partial charge in [0.1, 0.15) is 12.2 Å². The molecule has 0 bridgehead atoms. The van der Waals surface area contributed by atoms with Crippen molar-refractivity contribution in [2.24, 2.45) is 0 Å². The summed E-state index contributed by atoms with van der Waals surface area (Å²) in [7, 11) is 0. The Hall–Kier alpha value is 0.340. The highest BCUT2D eigenvalue weighted by molar-refractivity contribution is 5.85. The predicted molar refractivity (Wildman–Crippen MR) is 97.3 cm³/mol. The van der Waals surface area contributed by atoms with Gasteiger partial charge in [-0.25, -0.2) is 0 Å². The molecule has 0 amide bonds. The summed E-state index contributed by atoms with van der Waals surface area (Å²) >= 11 is 0. The molecule has 8 heteroatoms. The lowest BCUT2D eigenvalue weighted by Gasteiger charge is -2.36. The van der Waals surface area contributed by atoms with Crippen LogP contribution in [0, 0.1) is 0 Å². The molecule has 0 saturated carbocycles. The van der Waals surface area contributed by atoms with E-state index in [0.29, 0.717) is 6.04 Å². The minimum Gasteiger partial charge on any atom is -0.394 e. The maximum atomic E-state index is 10.5. The average Bonchev–Trinajstić information content (AvgIpc) is 2.90. The summed E-state index contributed by atoms with van der Waals surface area (Å²) in [5.41, 5.74) is 0. The van der Waals surface area contributed by atoms with Crippen LogP contribution in [0.1, 0.15) is 32.1 Å². The van der Waals surface area contributed by atoms with Crippen LogP contribution in [-0.2, 0) is 9.47 Å². The van der Waals surface area contributed by atoms with Crippen molar-refractivity contribution in [2.45, 2.75) is 62.5 Å². The van der Waals surface area contributed by atoms with E-state index in [1.807, 2.05) is 0 Å². The molecule has 6 nitrogen and oxygen atoms in total. The molecule has 0 spiro atoms. The molecule has 4 atom stereocenters. The molecule has 3 fully saturated rings. The van der Waals surface area contributed by atoms with Crippen LogP contribution >= 0.6 is 24.8 Å². The standard InChI is InChI=1S/C16H30N2O4.2ClH/c19-11-14-16(20)15(18-6-2-1-3-7-18)13(22-14)10-17-12-4-8-21-9-5-12;;/h12-17,19-20H,1-11H2;2*1H/t13-,14+,15+,16-;;/m1../s1. The molecule has 3 N–H and O–H groups in total. The average molecular weight is 387 g/mol. The smallest absolute Gasteiger partial charge is 0.109 e. The van der Waals surface area contributed by atoms with Gasteiger partial charge in [-0.1, -0.05) is 6.42 Å². The molecule has 0 aromatic rings. The molecule has 3 rings (SSSR count). The van der Waals surface area contributed by atoms with Crippen LogP contribution in [0.15, 0.2) is 0 Å². The van der Waals surface area contributed by atoms with E-state index in [2.05, 4.69) is 10.2 Å². The molecule has 0 aromatic heterocycles. The summed E-state index contributed by atoms with van der Waals surface area (Å²) in [6.45, 7) is 4.31. The first-order valence-corrected chi connectivity index (χ1v) is 8.79. The van der Waals surface area contributed by atoms with E-state index in [-0.39, 0.29) is 43.6 Å². The van der Waals surface area contributed by atoms with Gasteiger partial charge in [0.2, 0.25) is 0 Å². The van der Waals surface area contributed by atoms with Crippen molar-refractivity contribution >= 4 is 24.8 Å². The van der Waals surface area contributed by atoms with Gasteiger partial charge in [-0.2, -0.15) is 0 Å². The molecule has 0 aromatic carbocycles. The fraction of sp³-hybridized carbons (Fsp3) is 1.00. The zero-order valence-corrected chi connectivity index (χ0v) is 15.8. The van der Waals surface area contributed by atoms with E-state index in [4.69, 9.17) is 9.47 Å². The number of rotatable bonds is 5. The van der Waals surface area contributed by atoms with Crippen LogP contribution in [0.5, 0.6) is 0 Å². The zero-order valence-electron chi connectivity index (χ0n) is 14.1. The lowest BCUT2D eigenvalue weighted by Crippen LogP contribution is -2.53. The largest absolute Gasteiger partial charge is 0.394 e. The van der Waals surface area contributed by atoms with Crippen molar-refractivity contribution in [3.63, 3.8) is 0 Å². The van der Waals surface area contributed by atoms with Gasteiger partial charge < -0.3 is 25.0 Å². The van der Waals surface area contributed by atoms with Crippen LogP contribution in [0.2, 0.25) is 0 Å². The Kier molecular flexibility index (Phi) is 10.4. The Morgan fingerprint density at radius 2 is 1.67 bits per heavy atom. The molecule has 24 heavy (non-hydrogen) atoms. The number of hydrogen-bond donors (Lipinski definition) is 3. The zero-order chi connectivity index (χ0) is 15.4. The first-order valence-electron chi connectivity index (χ1n) is 8.79. The highest BCUT2D eigenvalue weighted by Crippen LogP contribution is 2.28. The first-order chi connectivity index (χ1) is 10.8. The second-order valence-corrected chi connectivity index (χ2v) is 6.77. The van der Waals surface area contributed by atoms with E-state index >= 15 is 0 Å². The quantitative estimate of drug-likeness (QED) is 0.641. The van der Waals surface area contributed by atoms with Crippen molar-refractivity contribution in [3.05, 3.63) is 0 Å². The monoisotopic (exact) mass is 386 g/mol. The van der Waals surface area contributed by atoms with Crippen molar-refractivity contribution in [2.75, 3.05) is 39.5 Å². The number of ether oxygens (including phenoxy) is 2. The second kappa shape index (κ2) is 11.1. The Labute approximate surface area is 157 Å². The Morgan fingerprint density at radius 3 is 2.29 bits per heavy atom. The lowest BCUT2D eigenvalue weighted by atomic mass is 9.99. The third-order valence-electron chi connectivity index (χ3n) is 5.28. The van der Waals surface area contributed by atoms with Gasteiger partial charge in [0.25, 0.3) is 0 Å². The predicted octanol–water partition coefficient (Wildman–Crippen LogP) is 0.574. The van der Waals surface area contributed by atoms with Gasteiger partial charge in [0.05, 0.1) is 18.8 Å². The number of aliphatic hydroxyl groups excluding tert-OH is 2. The van der Waals surface area contributed by atoms with Gasteiger partial charge in [0, 0.05) is 25.8 Å². The highest BCUT2D eigenvalue weighted by atomic mass is 35.5. The van der Waals surface area contributed by atoms with E-state index in [9.17, 15) is 10.2 Å². The van der Waals surface area contributed by atoms with E-state index in [1.54, 1.807) is 0 Å².